The molecule has 0 aromatic carbocycles. The Morgan fingerprint density at radius 3 is 0.596 bits per heavy atom. The van der Waals surface area contributed by atoms with Crippen molar-refractivity contribution in [2.75, 3.05) is 39.6 Å². The maximum Gasteiger partial charge on any atom is 0.472 e. The molecule has 5 atom stereocenters. The van der Waals surface area contributed by atoms with E-state index in [2.05, 4.69) is 55.4 Å². The van der Waals surface area contributed by atoms with Crippen LogP contribution >= 0.6 is 15.6 Å². The fourth-order valence-corrected chi connectivity index (χ4v) is 14.7. The number of ether oxygens (including phenoxy) is 4. The first-order valence-corrected chi connectivity index (χ1v) is 46.7. The van der Waals surface area contributed by atoms with Gasteiger partial charge in [0.25, 0.3) is 0 Å². The highest BCUT2D eigenvalue weighted by atomic mass is 31.2. The van der Waals surface area contributed by atoms with E-state index in [1.54, 1.807) is 0 Å². The van der Waals surface area contributed by atoms with Crippen molar-refractivity contribution in [1.82, 2.24) is 0 Å². The van der Waals surface area contributed by atoms with Gasteiger partial charge in [-0.05, 0) is 49.4 Å². The summed E-state index contributed by atoms with van der Waals surface area (Å²) in [5.74, 6) is 1.00. The van der Waals surface area contributed by atoms with E-state index in [1.165, 1.54) is 238 Å². The second kappa shape index (κ2) is 73.8. The number of hydrogen-bond donors (Lipinski definition) is 3. The number of hydrogen-bond acceptors (Lipinski definition) is 15. The number of esters is 4. The van der Waals surface area contributed by atoms with Gasteiger partial charge in [-0.1, -0.05) is 389 Å². The maximum atomic E-state index is 13.1. The van der Waals surface area contributed by atoms with Crippen molar-refractivity contribution in [2.24, 2.45) is 23.7 Å². The number of aliphatic hydroxyl groups is 1. The average molecular weight is 1520 g/mol. The number of unbranched alkanes of at least 4 members (excludes halogenated alkanes) is 48. The Hall–Kier alpha value is -1.94. The highest BCUT2D eigenvalue weighted by molar-refractivity contribution is 7.47. The monoisotopic (exact) mass is 1520 g/mol. The summed E-state index contributed by atoms with van der Waals surface area (Å²) in [7, 11) is -9.93. The normalized spacial score (nSPS) is 14.0. The largest absolute Gasteiger partial charge is 0.472 e. The fourth-order valence-electron chi connectivity index (χ4n) is 13.1. The molecule has 0 saturated heterocycles. The van der Waals surface area contributed by atoms with Crippen LogP contribution in [0.1, 0.15) is 441 Å². The number of carbonyl (C=O) groups is 4. The molecule has 0 aliphatic heterocycles. The third-order valence-corrected chi connectivity index (χ3v) is 21.7. The van der Waals surface area contributed by atoms with E-state index in [0.717, 1.165) is 114 Å². The van der Waals surface area contributed by atoms with Crippen LogP contribution in [-0.2, 0) is 65.4 Å². The molecule has 0 fully saturated rings. The zero-order chi connectivity index (χ0) is 76.7. The lowest BCUT2D eigenvalue weighted by molar-refractivity contribution is -0.161. The molecule has 0 rings (SSSR count). The first kappa shape index (κ1) is 102. The molecule has 0 aliphatic carbocycles. The minimum Gasteiger partial charge on any atom is -0.462 e. The van der Waals surface area contributed by atoms with Gasteiger partial charge in [0.2, 0.25) is 0 Å². The van der Waals surface area contributed by atoms with Crippen LogP contribution in [-0.4, -0.2) is 96.7 Å². The van der Waals surface area contributed by atoms with Crippen molar-refractivity contribution in [3.63, 3.8) is 0 Å². The van der Waals surface area contributed by atoms with Crippen LogP contribution in [0.25, 0.3) is 0 Å². The van der Waals surface area contributed by atoms with Gasteiger partial charge in [0, 0.05) is 25.7 Å². The maximum absolute atomic E-state index is 13.1. The first-order valence-electron chi connectivity index (χ1n) is 43.7. The summed E-state index contributed by atoms with van der Waals surface area (Å²) < 4.78 is 68.8. The highest BCUT2D eigenvalue weighted by Crippen LogP contribution is 2.45. The smallest absolute Gasteiger partial charge is 0.462 e. The average Bonchev–Trinajstić information content (AvgIpc) is 0.905. The summed E-state index contributed by atoms with van der Waals surface area (Å²) in [4.78, 5) is 73.2. The Labute approximate surface area is 638 Å². The second-order valence-electron chi connectivity index (χ2n) is 32.5. The van der Waals surface area contributed by atoms with E-state index in [0.29, 0.717) is 31.6 Å². The Bertz CT molecular complexity index is 2020. The Kier molecular flexibility index (Phi) is 72.5. The van der Waals surface area contributed by atoms with Crippen LogP contribution in [0.2, 0.25) is 0 Å². The minimum absolute atomic E-state index is 0.107. The van der Waals surface area contributed by atoms with Gasteiger partial charge in [0.1, 0.15) is 19.3 Å². The van der Waals surface area contributed by atoms with Gasteiger partial charge in [-0.2, -0.15) is 0 Å². The third-order valence-electron chi connectivity index (χ3n) is 19.8. The number of aliphatic hydroxyl groups excluding tert-OH is 1. The molecule has 3 N–H and O–H groups in total. The SMILES string of the molecule is CC(C)CCCCCCCCCCCCCCCCCCCCC(=O)OC[C@H](COP(=O)(O)OCC(O)COP(=O)(O)OC[C@@H](COC(=O)CCCCCCCCCC(C)C)OC(=O)CCCCCCCCCCCCCCCCC(C)C)OC(=O)CCCCCCCCCCCCCCCC(C)C. The molecular weight excluding hydrogens is 1350 g/mol. The Morgan fingerprint density at radius 1 is 0.240 bits per heavy atom. The van der Waals surface area contributed by atoms with Crippen LogP contribution in [0.3, 0.4) is 0 Å². The van der Waals surface area contributed by atoms with Gasteiger partial charge in [-0.15, -0.1) is 0 Å². The predicted octanol–water partition coefficient (Wildman–Crippen LogP) is 25.6. The zero-order valence-corrected chi connectivity index (χ0v) is 70.5. The molecule has 19 heteroatoms. The molecule has 0 radical (unpaired) electrons. The van der Waals surface area contributed by atoms with E-state index >= 15 is 0 Å². The second-order valence-corrected chi connectivity index (χ2v) is 35.4. The summed E-state index contributed by atoms with van der Waals surface area (Å²) in [6, 6.07) is 0. The van der Waals surface area contributed by atoms with Gasteiger partial charge in [0.05, 0.1) is 26.4 Å². The fraction of sp³-hybridized carbons (Fsp3) is 0.953. The summed E-state index contributed by atoms with van der Waals surface area (Å²) >= 11 is 0. The van der Waals surface area contributed by atoms with E-state index in [9.17, 15) is 43.2 Å². The Morgan fingerprint density at radius 2 is 0.404 bits per heavy atom. The zero-order valence-electron chi connectivity index (χ0n) is 68.7. The quantitative estimate of drug-likeness (QED) is 0.0222. The van der Waals surface area contributed by atoms with Crippen LogP contribution in [0.4, 0.5) is 0 Å². The van der Waals surface area contributed by atoms with Crippen LogP contribution in [0.5, 0.6) is 0 Å². The number of phosphoric ester groups is 2. The highest BCUT2D eigenvalue weighted by Gasteiger charge is 2.30. The lowest BCUT2D eigenvalue weighted by Gasteiger charge is -2.21. The molecule has 0 aromatic rings. The number of phosphoric acid groups is 2. The first-order chi connectivity index (χ1) is 50.1. The van der Waals surface area contributed by atoms with Gasteiger partial charge in [-0.25, -0.2) is 9.13 Å². The molecule has 0 bridgehead atoms. The van der Waals surface area contributed by atoms with Crippen molar-refractivity contribution >= 4 is 39.5 Å². The van der Waals surface area contributed by atoms with E-state index in [-0.39, 0.29) is 25.7 Å². The van der Waals surface area contributed by atoms with Gasteiger partial charge in [0.15, 0.2) is 12.2 Å². The minimum atomic E-state index is -4.97. The summed E-state index contributed by atoms with van der Waals surface area (Å²) in [5, 5.41) is 10.7. The number of carbonyl (C=O) groups excluding carboxylic acids is 4. The standard InChI is InChI=1S/C85H166O17P2/c1-75(2)61-53-45-37-30-24-18-13-11-9-10-12-14-21-27-33-41-49-57-65-82(87)95-71-80(101-84(89)68-60-52-43-35-29-23-17-20-26-32-39-47-55-63-77(5)6)73-99-103(91,92)97-69-79(86)70-98-104(93,94)100-74-81(72-96-83(88)66-58-50-44-36-40-48-56-64-78(7)8)102-85(90)67-59-51-42-34-28-22-16-15-19-25-31-38-46-54-62-76(3)4/h75-81,86H,9-74H2,1-8H3,(H,91,92)(H,93,94)/t79?,80-,81-/m1/s1. The van der Waals surface area contributed by atoms with Crippen molar-refractivity contribution in [2.45, 2.75) is 459 Å². The van der Waals surface area contributed by atoms with Crippen LogP contribution in [0.15, 0.2) is 0 Å². The summed E-state index contributed by atoms with van der Waals surface area (Å²) in [6.45, 7) is 14.3. The van der Waals surface area contributed by atoms with Crippen molar-refractivity contribution in [1.29, 1.82) is 0 Å². The molecule has 618 valence electrons. The molecule has 3 unspecified atom stereocenters. The molecule has 0 saturated carbocycles. The Balaban J connectivity index is 5.22. The van der Waals surface area contributed by atoms with E-state index in [4.69, 9.17) is 37.0 Å². The molecular formula is C85H166O17P2. The lowest BCUT2D eigenvalue weighted by Crippen LogP contribution is -2.30. The van der Waals surface area contributed by atoms with Gasteiger partial charge in [-0.3, -0.25) is 37.3 Å². The predicted molar refractivity (Wildman–Crippen MR) is 428 cm³/mol. The van der Waals surface area contributed by atoms with Crippen molar-refractivity contribution < 1.29 is 80.2 Å². The molecule has 17 nitrogen and oxygen atoms in total. The topological polar surface area (TPSA) is 237 Å². The molecule has 0 heterocycles. The van der Waals surface area contributed by atoms with E-state index in [1.807, 2.05) is 0 Å². The molecule has 104 heavy (non-hydrogen) atoms. The lowest BCUT2D eigenvalue weighted by atomic mass is 10.0. The van der Waals surface area contributed by atoms with Crippen LogP contribution < -0.4 is 0 Å². The molecule has 0 spiro atoms. The molecule has 0 aliphatic rings. The third kappa shape index (κ3) is 78.2. The van der Waals surface area contributed by atoms with Crippen molar-refractivity contribution in [3.05, 3.63) is 0 Å². The van der Waals surface area contributed by atoms with Crippen LogP contribution in [0, 0.1) is 23.7 Å². The molecule has 0 aromatic heterocycles. The summed E-state index contributed by atoms with van der Waals surface area (Å²) in [5.41, 5.74) is 0. The summed E-state index contributed by atoms with van der Waals surface area (Å²) in [6.07, 6.45) is 62.6. The van der Waals surface area contributed by atoms with E-state index < -0.39 is 97.5 Å². The van der Waals surface area contributed by atoms with Gasteiger partial charge >= 0.3 is 39.5 Å². The van der Waals surface area contributed by atoms with Crippen molar-refractivity contribution in [3.8, 4) is 0 Å². The molecule has 0 amide bonds. The number of rotatable bonds is 82. The van der Waals surface area contributed by atoms with Gasteiger partial charge < -0.3 is 33.8 Å².